The molecule has 0 bridgehead atoms. The van der Waals surface area contributed by atoms with Crippen molar-refractivity contribution >= 4 is 10.0 Å². The molecule has 2 heterocycles. The predicted octanol–water partition coefficient (Wildman–Crippen LogP) is 0.868. The van der Waals surface area contributed by atoms with Crippen LogP contribution >= 0.6 is 0 Å². The molecule has 0 amide bonds. The van der Waals surface area contributed by atoms with Crippen LogP contribution in [0, 0.1) is 12.8 Å². The lowest BCUT2D eigenvalue weighted by atomic mass is 9.91. The molecule has 1 aliphatic heterocycles. The van der Waals surface area contributed by atoms with Gasteiger partial charge in [0.1, 0.15) is 0 Å². The summed E-state index contributed by atoms with van der Waals surface area (Å²) in [6.45, 7) is 6.14. The average Bonchev–Trinajstić information content (AvgIpc) is 2.80. The number of rotatable bonds is 5. The zero-order valence-corrected chi connectivity index (χ0v) is 13.2. The van der Waals surface area contributed by atoms with E-state index in [-0.39, 0.29) is 0 Å². The number of hydrogen-bond donors (Lipinski definition) is 2. The molecule has 0 unspecified atom stereocenters. The fourth-order valence-electron chi connectivity index (χ4n) is 2.78. The molecule has 2 atom stereocenters. The van der Waals surface area contributed by atoms with Crippen molar-refractivity contribution in [2.45, 2.75) is 39.3 Å². The largest absolute Gasteiger partial charge is 0.309 e. The second kappa shape index (κ2) is 6.24. The summed E-state index contributed by atoms with van der Waals surface area (Å²) in [5.74, 6) is 0.366. The van der Waals surface area contributed by atoms with Crippen molar-refractivity contribution in [3.05, 3.63) is 17.5 Å². The topological polar surface area (TPSA) is 78.1 Å². The van der Waals surface area contributed by atoms with Crippen LogP contribution in [0.4, 0.5) is 0 Å². The summed E-state index contributed by atoms with van der Waals surface area (Å²) in [5.41, 5.74) is 2.25. The maximum absolute atomic E-state index is 11.6. The molecule has 0 radical (unpaired) electrons. The van der Waals surface area contributed by atoms with E-state index in [4.69, 9.17) is 0 Å². The molecule has 2 N–H and O–H groups in total. The third-order valence-corrected chi connectivity index (χ3v) is 5.45. The molecular formula is C13H24N4O2S. The highest BCUT2D eigenvalue weighted by Crippen LogP contribution is 2.22. The highest BCUT2D eigenvalue weighted by molar-refractivity contribution is 7.88. The van der Waals surface area contributed by atoms with Crippen molar-refractivity contribution in [3.8, 4) is 0 Å². The zero-order chi connectivity index (χ0) is 14.8. The van der Waals surface area contributed by atoms with E-state index in [0.717, 1.165) is 25.1 Å². The lowest BCUT2D eigenvalue weighted by Crippen LogP contribution is -2.50. The van der Waals surface area contributed by atoms with Gasteiger partial charge in [0.25, 0.3) is 0 Å². The summed E-state index contributed by atoms with van der Waals surface area (Å²) in [7, 11) is -3.07. The van der Waals surface area contributed by atoms with Crippen LogP contribution in [0.3, 0.4) is 0 Å². The minimum Gasteiger partial charge on any atom is -0.309 e. The third kappa shape index (κ3) is 3.59. The molecule has 114 valence electrons. The SMILES string of the molecule is CC[C@H]1CN(S(C)(=O)=O)CC[C@H]1NCc1cn[nH]c1C. The predicted molar refractivity (Wildman–Crippen MR) is 78.8 cm³/mol. The molecule has 6 nitrogen and oxygen atoms in total. The smallest absolute Gasteiger partial charge is 0.211 e. The Balaban J connectivity index is 1.94. The lowest BCUT2D eigenvalue weighted by molar-refractivity contribution is 0.201. The minimum absolute atomic E-state index is 0.366. The van der Waals surface area contributed by atoms with Crippen LogP contribution in [-0.2, 0) is 16.6 Å². The molecule has 1 fully saturated rings. The molecule has 20 heavy (non-hydrogen) atoms. The van der Waals surface area contributed by atoms with E-state index in [2.05, 4.69) is 22.4 Å². The second-order valence-corrected chi connectivity index (χ2v) is 7.57. The third-order valence-electron chi connectivity index (χ3n) is 4.18. The van der Waals surface area contributed by atoms with Gasteiger partial charge in [0.2, 0.25) is 10.0 Å². The van der Waals surface area contributed by atoms with Crippen molar-refractivity contribution in [2.75, 3.05) is 19.3 Å². The fraction of sp³-hybridized carbons (Fsp3) is 0.769. The Bertz CT molecular complexity index is 540. The number of nitrogens with one attached hydrogen (secondary N) is 2. The molecule has 0 aromatic carbocycles. The van der Waals surface area contributed by atoms with Gasteiger partial charge in [0.05, 0.1) is 12.5 Å². The van der Waals surface area contributed by atoms with Crippen molar-refractivity contribution in [1.29, 1.82) is 0 Å². The van der Waals surface area contributed by atoms with E-state index in [1.807, 2.05) is 13.1 Å². The monoisotopic (exact) mass is 300 g/mol. The first kappa shape index (κ1) is 15.5. The lowest BCUT2D eigenvalue weighted by Gasteiger charge is -2.37. The van der Waals surface area contributed by atoms with Crippen LogP contribution in [-0.4, -0.2) is 48.3 Å². The van der Waals surface area contributed by atoms with Gasteiger partial charge in [-0.05, 0) is 19.3 Å². The zero-order valence-electron chi connectivity index (χ0n) is 12.4. The van der Waals surface area contributed by atoms with Crippen LogP contribution in [0.5, 0.6) is 0 Å². The van der Waals surface area contributed by atoms with E-state index < -0.39 is 10.0 Å². The van der Waals surface area contributed by atoms with Crippen molar-refractivity contribution < 1.29 is 8.42 Å². The Morgan fingerprint density at radius 1 is 1.55 bits per heavy atom. The van der Waals surface area contributed by atoms with Gasteiger partial charge in [0.15, 0.2) is 0 Å². The Hall–Kier alpha value is -0.920. The molecule has 1 saturated heterocycles. The summed E-state index contributed by atoms with van der Waals surface area (Å²) in [5, 5.41) is 10.5. The molecule has 0 aliphatic carbocycles. The Morgan fingerprint density at radius 2 is 2.30 bits per heavy atom. The first-order valence-electron chi connectivity index (χ1n) is 7.09. The highest BCUT2D eigenvalue weighted by atomic mass is 32.2. The van der Waals surface area contributed by atoms with Crippen LogP contribution in [0.15, 0.2) is 6.20 Å². The number of aromatic nitrogens is 2. The van der Waals surface area contributed by atoms with E-state index in [1.54, 1.807) is 4.31 Å². The first-order valence-corrected chi connectivity index (χ1v) is 8.94. The molecule has 1 aromatic rings. The number of aromatic amines is 1. The van der Waals surface area contributed by atoms with E-state index in [0.29, 0.717) is 25.0 Å². The maximum atomic E-state index is 11.6. The molecule has 1 aromatic heterocycles. The standard InChI is InChI=1S/C13H24N4O2S/c1-4-11-9-17(20(3,18)19)6-5-13(11)14-7-12-8-15-16-10(12)2/h8,11,13-14H,4-7,9H2,1-3H3,(H,15,16)/t11-,13+/m0/s1. The maximum Gasteiger partial charge on any atom is 0.211 e. The van der Waals surface area contributed by atoms with Crippen LogP contribution in [0.2, 0.25) is 0 Å². The summed E-state index contributed by atoms with van der Waals surface area (Å²) >= 11 is 0. The molecule has 7 heteroatoms. The Labute approximate surface area is 121 Å². The molecule has 2 rings (SSSR count). The number of aryl methyl sites for hydroxylation is 1. The number of nitrogens with zero attached hydrogens (tertiary/aromatic N) is 2. The van der Waals surface area contributed by atoms with Gasteiger partial charge in [0, 0.05) is 36.9 Å². The fourth-order valence-corrected chi connectivity index (χ4v) is 3.68. The number of H-pyrrole nitrogens is 1. The van der Waals surface area contributed by atoms with Gasteiger partial charge in [-0.1, -0.05) is 13.3 Å². The highest BCUT2D eigenvalue weighted by Gasteiger charge is 2.31. The summed E-state index contributed by atoms with van der Waals surface area (Å²) in [6.07, 6.45) is 4.98. The summed E-state index contributed by atoms with van der Waals surface area (Å²) in [4.78, 5) is 0. The van der Waals surface area contributed by atoms with Gasteiger partial charge in [-0.15, -0.1) is 0 Å². The first-order chi connectivity index (χ1) is 9.41. The van der Waals surface area contributed by atoms with Gasteiger partial charge in [-0.25, -0.2) is 12.7 Å². The average molecular weight is 300 g/mol. The minimum atomic E-state index is -3.07. The number of hydrogen-bond acceptors (Lipinski definition) is 4. The molecule has 0 spiro atoms. The molecular weight excluding hydrogens is 276 g/mol. The Morgan fingerprint density at radius 3 is 2.85 bits per heavy atom. The van der Waals surface area contributed by atoms with E-state index in [1.165, 1.54) is 11.8 Å². The van der Waals surface area contributed by atoms with Crippen LogP contribution < -0.4 is 5.32 Å². The second-order valence-electron chi connectivity index (χ2n) is 5.59. The van der Waals surface area contributed by atoms with Crippen molar-refractivity contribution in [2.24, 2.45) is 5.92 Å². The van der Waals surface area contributed by atoms with E-state index in [9.17, 15) is 8.42 Å². The van der Waals surface area contributed by atoms with Crippen LogP contribution in [0.25, 0.3) is 0 Å². The molecule has 1 aliphatic rings. The summed E-state index contributed by atoms with van der Waals surface area (Å²) < 4.78 is 24.9. The van der Waals surface area contributed by atoms with Crippen molar-refractivity contribution in [3.63, 3.8) is 0 Å². The van der Waals surface area contributed by atoms with Crippen LogP contribution in [0.1, 0.15) is 31.0 Å². The van der Waals surface area contributed by atoms with Gasteiger partial charge in [-0.3, -0.25) is 5.10 Å². The number of sulfonamides is 1. The van der Waals surface area contributed by atoms with Gasteiger partial charge >= 0.3 is 0 Å². The van der Waals surface area contributed by atoms with Crippen molar-refractivity contribution in [1.82, 2.24) is 19.8 Å². The van der Waals surface area contributed by atoms with Gasteiger partial charge < -0.3 is 5.32 Å². The molecule has 0 saturated carbocycles. The summed E-state index contributed by atoms with van der Waals surface area (Å²) in [6, 6.07) is 0.368. The normalized spacial score (nSPS) is 24.9. The Kier molecular flexibility index (Phi) is 4.82. The number of piperidine rings is 1. The van der Waals surface area contributed by atoms with Gasteiger partial charge in [-0.2, -0.15) is 5.10 Å². The quantitative estimate of drug-likeness (QED) is 0.846. The van der Waals surface area contributed by atoms with E-state index >= 15 is 0 Å².